The van der Waals surface area contributed by atoms with Gasteiger partial charge in [0.1, 0.15) is 9.28 Å². The molecule has 1 saturated heterocycles. The van der Waals surface area contributed by atoms with E-state index < -0.39 is 0 Å². The first-order valence-corrected chi connectivity index (χ1v) is 9.21. The van der Waals surface area contributed by atoms with Gasteiger partial charge in [0.05, 0.1) is 8.31 Å². The highest BCUT2D eigenvalue weighted by atomic mass is 35.5. The predicted octanol–water partition coefficient (Wildman–Crippen LogP) is 1.47. The van der Waals surface area contributed by atoms with Crippen molar-refractivity contribution >= 4 is 42.4 Å². The standard InChI is InChI=1S/C6H16OSi2.2ClH/c1-6(2)9-5-3-4-7-8-9;;/h6,9H,3-5,8H2,1-2H3;2*1H. The normalized spacial score (nSPS) is 25.9. The summed E-state index contributed by atoms with van der Waals surface area (Å²) in [7, 11) is -0.269. The summed E-state index contributed by atoms with van der Waals surface area (Å²) in [5.41, 5.74) is 1.01. The van der Waals surface area contributed by atoms with E-state index in [-0.39, 0.29) is 42.4 Å². The fourth-order valence-electron chi connectivity index (χ4n) is 1.29. The zero-order valence-electron chi connectivity index (χ0n) is 7.21. The fourth-order valence-corrected chi connectivity index (χ4v) is 7.80. The average molecular weight is 233 g/mol. The molecule has 0 aromatic carbocycles. The molecule has 0 spiro atoms. The number of hydrogen-bond acceptors (Lipinski definition) is 1. The predicted molar refractivity (Wildman–Crippen MR) is 60.7 cm³/mol. The second-order valence-electron chi connectivity index (χ2n) is 3.22. The van der Waals surface area contributed by atoms with Crippen molar-refractivity contribution < 1.29 is 4.43 Å². The summed E-state index contributed by atoms with van der Waals surface area (Å²) in [6.07, 6.45) is 1.36. The molecule has 1 unspecified atom stereocenters. The lowest BCUT2D eigenvalue weighted by Crippen LogP contribution is -2.32. The van der Waals surface area contributed by atoms with E-state index in [2.05, 4.69) is 13.8 Å². The Hall–Kier alpha value is 0.974. The lowest BCUT2D eigenvalue weighted by atomic mass is 10.5. The number of rotatable bonds is 1. The van der Waals surface area contributed by atoms with Gasteiger partial charge in [0, 0.05) is 6.61 Å². The molecule has 1 nitrogen and oxygen atoms in total. The van der Waals surface area contributed by atoms with E-state index in [0.29, 0.717) is 0 Å². The Balaban J connectivity index is 0. The Labute approximate surface area is 85.4 Å². The van der Waals surface area contributed by atoms with Crippen LogP contribution in [0.3, 0.4) is 0 Å². The molecule has 0 N–H and O–H groups in total. The molecule has 0 amide bonds. The fraction of sp³-hybridized carbons (Fsp3) is 1.00. The third-order valence-electron chi connectivity index (χ3n) is 2.14. The van der Waals surface area contributed by atoms with E-state index in [1.165, 1.54) is 6.42 Å². The highest BCUT2D eigenvalue weighted by Crippen LogP contribution is 2.15. The Morgan fingerprint density at radius 3 is 2.27 bits per heavy atom. The van der Waals surface area contributed by atoms with E-state index in [0.717, 1.165) is 12.1 Å². The molecule has 0 bridgehead atoms. The first-order chi connectivity index (χ1) is 4.30. The van der Waals surface area contributed by atoms with Crippen molar-refractivity contribution in [2.45, 2.75) is 31.9 Å². The molecule has 0 saturated carbocycles. The molecule has 1 fully saturated rings. The summed E-state index contributed by atoms with van der Waals surface area (Å²) in [5, 5.41) is 0. The maximum atomic E-state index is 5.54. The van der Waals surface area contributed by atoms with Crippen LogP contribution in [0.25, 0.3) is 0 Å². The third kappa shape index (κ3) is 5.25. The largest absolute Gasteiger partial charge is 0.428 e. The average Bonchev–Trinajstić information content (AvgIpc) is 1.90. The molecule has 70 valence electrons. The second kappa shape index (κ2) is 7.61. The van der Waals surface area contributed by atoms with Gasteiger partial charge in [-0.05, 0) is 6.42 Å². The lowest BCUT2D eigenvalue weighted by molar-refractivity contribution is 0.334. The van der Waals surface area contributed by atoms with Crippen molar-refractivity contribution in [3.05, 3.63) is 0 Å². The van der Waals surface area contributed by atoms with E-state index in [1.807, 2.05) is 0 Å². The van der Waals surface area contributed by atoms with Gasteiger partial charge >= 0.3 is 0 Å². The first kappa shape index (κ1) is 14.5. The van der Waals surface area contributed by atoms with Crippen molar-refractivity contribution in [2.75, 3.05) is 6.61 Å². The van der Waals surface area contributed by atoms with Gasteiger partial charge in [0.25, 0.3) is 0 Å². The smallest absolute Gasteiger partial charge is 0.147 e. The molecule has 11 heavy (non-hydrogen) atoms. The molecule has 0 radical (unpaired) electrons. The van der Waals surface area contributed by atoms with Gasteiger partial charge in [0.15, 0.2) is 0 Å². The molecular weight excluding hydrogens is 215 g/mol. The molecule has 5 heteroatoms. The van der Waals surface area contributed by atoms with E-state index in [1.54, 1.807) is 6.04 Å². The van der Waals surface area contributed by atoms with Gasteiger partial charge in [-0.3, -0.25) is 0 Å². The van der Waals surface area contributed by atoms with Crippen LogP contribution in [0.4, 0.5) is 0 Å². The quantitative estimate of drug-likeness (QED) is 0.623. The van der Waals surface area contributed by atoms with Crippen molar-refractivity contribution in [1.29, 1.82) is 0 Å². The summed E-state index contributed by atoms with van der Waals surface area (Å²) in [6, 6.07) is 1.57. The number of hydrogen-bond donors (Lipinski definition) is 0. The van der Waals surface area contributed by atoms with Crippen molar-refractivity contribution in [3.8, 4) is 0 Å². The Kier molecular flexibility index (Phi) is 10.0. The zero-order valence-corrected chi connectivity index (χ0v) is 11.4. The van der Waals surface area contributed by atoms with Crippen molar-refractivity contribution in [3.63, 3.8) is 0 Å². The highest BCUT2D eigenvalue weighted by molar-refractivity contribution is 7.10. The van der Waals surface area contributed by atoms with Crippen LogP contribution in [0.5, 0.6) is 0 Å². The van der Waals surface area contributed by atoms with Gasteiger partial charge in [-0.2, -0.15) is 0 Å². The maximum absolute atomic E-state index is 5.54. The third-order valence-corrected chi connectivity index (χ3v) is 12.2. The van der Waals surface area contributed by atoms with Crippen LogP contribution < -0.4 is 0 Å². The molecule has 0 aliphatic carbocycles. The molecule has 0 aromatic heterocycles. The molecule has 1 heterocycles. The Morgan fingerprint density at radius 1 is 1.36 bits per heavy atom. The topological polar surface area (TPSA) is 9.23 Å². The SMILES string of the molecule is CC(C)[SiH]1CCCO[SiH2]1.Cl.Cl. The highest BCUT2D eigenvalue weighted by Gasteiger charge is 2.19. The van der Waals surface area contributed by atoms with E-state index >= 15 is 0 Å². The first-order valence-electron chi connectivity index (χ1n) is 3.88. The van der Waals surface area contributed by atoms with Crippen molar-refractivity contribution in [1.82, 2.24) is 0 Å². The van der Waals surface area contributed by atoms with Gasteiger partial charge in [-0.1, -0.05) is 25.4 Å². The van der Waals surface area contributed by atoms with Crippen LogP contribution in [0.1, 0.15) is 20.3 Å². The Bertz CT molecular complexity index is 86.7. The van der Waals surface area contributed by atoms with E-state index in [4.69, 9.17) is 4.43 Å². The maximum Gasteiger partial charge on any atom is 0.147 e. The van der Waals surface area contributed by atoms with Crippen LogP contribution in [-0.4, -0.2) is 24.2 Å². The van der Waals surface area contributed by atoms with Gasteiger partial charge < -0.3 is 4.43 Å². The summed E-state index contributed by atoms with van der Waals surface area (Å²) in [4.78, 5) is 0. The minimum absolute atomic E-state index is 0. The molecule has 1 rings (SSSR count). The van der Waals surface area contributed by atoms with Gasteiger partial charge in [-0.25, -0.2) is 0 Å². The Morgan fingerprint density at radius 2 is 2.00 bits per heavy atom. The summed E-state index contributed by atoms with van der Waals surface area (Å²) in [5.74, 6) is 0. The zero-order chi connectivity index (χ0) is 6.69. The minimum atomic E-state index is -0.283. The lowest BCUT2D eigenvalue weighted by Gasteiger charge is -2.22. The van der Waals surface area contributed by atoms with Crippen LogP contribution in [0, 0.1) is 0 Å². The van der Waals surface area contributed by atoms with Crippen LogP contribution >= 0.6 is 24.8 Å². The van der Waals surface area contributed by atoms with Gasteiger partial charge in [-0.15, -0.1) is 24.8 Å². The van der Waals surface area contributed by atoms with Crippen LogP contribution in [0.15, 0.2) is 0 Å². The van der Waals surface area contributed by atoms with Crippen molar-refractivity contribution in [2.24, 2.45) is 0 Å². The molecule has 1 atom stereocenters. The molecular formula is C6H18Cl2OSi2. The molecule has 0 aromatic rings. The van der Waals surface area contributed by atoms with Crippen LogP contribution in [-0.2, 0) is 4.43 Å². The van der Waals surface area contributed by atoms with Crippen LogP contribution in [0.2, 0.25) is 11.6 Å². The molecule has 1 aliphatic rings. The summed E-state index contributed by atoms with van der Waals surface area (Å²) >= 11 is 0. The summed E-state index contributed by atoms with van der Waals surface area (Å²) < 4.78 is 5.54. The van der Waals surface area contributed by atoms with E-state index in [9.17, 15) is 0 Å². The number of halogens is 2. The van der Waals surface area contributed by atoms with Gasteiger partial charge in [0.2, 0.25) is 0 Å². The second-order valence-corrected chi connectivity index (χ2v) is 11.5. The minimum Gasteiger partial charge on any atom is -0.428 e. The monoisotopic (exact) mass is 232 g/mol. The molecule has 1 aliphatic heterocycles. The summed E-state index contributed by atoms with van der Waals surface area (Å²) in [6.45, 7) is 5.83.